The zero-order valence-electron chi connectivity index (χ0n) is 11.6. The fourth-order valence-electron chi connectivity index (χ4n) is 1.90. The summed E-state index contributed by atoms with van der Waals surface area (Å²) in [5.41, 5.74) is 7.77. The maximum atomic E-state index is 5.97. The van der Waals surface area contributed by atoms with E-state index in [0.29, 0.717) is 17.4 Å². The second kappa shape index (κ2) is 7.27. The summed E-state index contributed by atoms with van der Waals surface area (Å²) in [6.45, 7) is 2.56. The fourth-order valence-corrected chi connectivity index (χ4v) is 2.08. The summed E-state index contributed by atoms with van der Waals surface area (Å²) in [5.74, 6) is 1.28. The molecule has 0 aliphatic carbocycles. The van der Waals surface area contributed by atoms with Crippen molar-refractivity contribution < 1.29 is 4.74 Å². The first-order valence-corrected chi connectivity index (χ1v) is 7.22. The van der Waals surface area contributed by atoms with Gasteiger partial charge in [0.2, 0.25) is 5.88 Å². The molecule has 0 atom stereocenters. The Bertz CT molecular complexity index is 555. The Hall–Kier alpha value is -1.58. The van der Waals surface area contributed by atoms with Crippen LogP contribution in [-0.2, 0) is 13.0 Å². The summed E-state index contributed by atoms with van der Waals surface area (Å²) in [6.07, 6.45) is 5.08. The zero-order chi connectivity index (χ0) is 14.4. The highest BCUT2D eigenvalue weighted by Gasteiger charge is 2.04. The molecule has 0 saturated carbocycles. The molecule has 0 unspecified atom stereocenters. The Balaban J connectivity index is 2.06. The van der Waals surface area contributed by atoms with Crippen molar-refractivity contribution in [1.82, 2.24) is 4.98 Å². The Morgan fingerprint density at radius 1 is 1.25 bits per heavy atom. The number of aryl methyl sites for hydroxylation is 1. The number of nitrogens with two attached hydrogens (primary N) is 1. The second-order valence-corrected chi connectivity index (χ2v) is 5.07. The van der Waals surface area contributed by atoms with Gasteiger partial charge >= 0.3 is 0 Å². The summed E-state index contributed by atoms with van der Waals surface area (Å²) in [7, 11) is 0. The van der Waals surface area contributed by atoms with Gasteiger partial charge in [0, 0.05) is 18.8 Å². The third-order valence-electron chi connectivity index (χ3n) is 3.09. The van der Waals surface area contributed by atoms with Gasteiger partial charge in [-0.2, -0.15) is 0 Å². The molecule has 0 bridgehead atoms. The van der Waals surface area contributed by atoms with Crippen LogP contribution in [0.5, 0.6) is 11.6 Å². The SMILES string of the molecule is CCCCc1ccc(Oc2cc(CN)c(Cl)cn2)cc1. The van der Waals surface area contributed by atoms with Crippen molar-refractivity contribution >= 4 is 11.6 Å². The van der Waals surface area contributed by atoms with E-state index in [1.807, 2.05) is 12.1 Å². The molecule has 1 aromatic carbocycles. The molecule has 0 radical (unpaired) electrons. The predicted octanol–water partition coefficient (Wildman–Crippen LogP) is 4.33. The molecule has 2 rings (SSSR count). The molecule has 20 heavy (non-hydrogen) atoms. The minimum Gasteiger partial charge on any atom is -0.439 e. The van der Waals surface area contributed by atoms with Crippen LogP contribution in [0.2, 0.25) is 5.02 Å². The molecule has 0 spiro atoms. The molecule has 2 N–H and O–H groups in total. The lowest BCUT2D eigenvalue weighted by molar-refractivity contribution is 0.462. The lowest BCUT2D eigenvalue weighted by Gasteiger charge is -2.08. The van der Waals surface area contributed by atoms with Gasteiger partial charge in [0.25, 0.3) is 0 Å². The molecule has 0 fully saturated rings. The largest absolute Gasteiger partial charge is 0.439 e. The van der Waals surface area contributed by atoms with Crippen molar-refractivity contribution in [2.24, 2.45) is 5.73 Å². The van der Waals surface area contributed by atoms with E-state index in [4.69, 9.17) is 22.1 Å². The molecule has 0 aliphatic heterocycles. The number of rotatable bonds is 6. The van der Waals surface area contributed by atoms with Gasteiger partial charge in [-0.1, -0.05) is 37.1 Å². The number of unbranched alkanes of at least 4 members (excludes halogenated alkanes) is 1. The monoisotopic (exact) mass is 290 g/mol. The number of ether oxygens (including phenoxy) is 1. The van der Waals surface area contributed by atoms with Crippen molar-refractivity contribution in [3.63, 3.8) is 0 Å². The maximum Gasteiger partial charge on any atom is 0.219 e. The van der Waals surface area contributed by atoms with Crippen LogP contribution in [0, 0.1) is 0 Å². The van der Waals surface area contributed by atoms with E-state index >= 15 is 0 Å². The third kappa shape index (κ3) is 3.95. The van der Waals surface area contributed by atoms with E-state index < -0.39 is 0 Å². The van der Waals surface area contributed by atoms with Gasteiger partial charge in [-0.15, -0.1) is 0 Å². The molecule has 0 aliphatic rings. The van der Waals surface area contributed by atoms with Gasteiger partial charge in [0.05, 0.1) is 5.02 Å². The van der Waals surface area contributed by atoms with Crippen LogP contribution in [0.3, 0.4) is 0 Å². The van der Waals surface area contributed by atoms with E-state index in [1.165, 1.54) is 18.4 Å². The first kappa shape index (κ1) is 14.8. The van der Waals surface area contributed by atoms with E-state index in [9.17, 15) is 0 Å². The molecule has 0 amide bonds. The summed E-state index contributed by atoms with van der Waals surface area (Å²) in [4.78, 5) is 4.14. The Kier molecular flexibility index (Phi) is 5.39. The quantitative estimate of drug-likeness (QED) is 0.861. The van der Waals surface area contributed by atoms with Gasteiger partial charge in [-0.3, -0.25) is 0 Å². The van der Waals surface area contributed by atoms with Crippen molar-refractivity contribution in [3.8, 4) is 11.6 Å². The van der Waals surface area contributed by atoms with Gasteiger partial charge in [0.1, 0.15) is 5.75 Å². The van der Waals surface area contributed by atoms with Crippen LogP contribution in [0.25, 0.3) is 0 Å². The zero-order valence-corrected chi connectivity index (χ0v) is 12.4. The number of nitrogens with zero attached hydrogens (tertiary/aromatic N) is 1. The van der Waals surface area contributed by atoms with Crippen LogP contribution in [0.15, 0.2) is 36.5 Å². The maximum absolute atomic E-state index is 5.97. The Morgan fingerprint density at radius 2 is 2.00 bits per heavy atom. The molecule has 1 heterocycles. The van der Waals surface area contributed by atoms with Crippen LogP contribution in [0.4, 0.5) is 0 Å². The summed E-state index contributed by atoms with van der Waals surface area (Å²) in [6, 6.07) is 9.87. The van der Waals surface area contributed by atoms with Crippen molar-refractivity contribution in [1.29, 1.82) is 0 Å². The van der Waals surface area contributed by atoms with E-state index in [2.05, 4.69) is 24.0 Å². The standard InChI is InChI=1S/C16H19ClN2O/c1-2-3-4-12-5-7-14(8-6-12)20-16-9-13(10-18)15(17)11-19-16/h5-9,11H,2-4,10,18H2,1H3. The summed E-state index contributed by atoms with van der Waals surface area (Å²) in [5, 5.41) is 0.565. The normalized spacial score (nSPS) is 10.6. The number of halogens is 1. The molecule has 0 saturated heterocycles. The third-order valence-corrected chi connectivity index (χ3v) is 3.43. The average molecular weight is 291 g/mol. The first-order chi connectivity index (χ1) is 9.72. The second-order valence-electron chi connectivity index (χ2n) is 4.67. The average Bonchev–Trinajstić information content (AvgIpc) is 2.48. The number of hydrogen-bond donors (Lipinski definition) is 1. The van der Waals surface area contributed by atoms with Gasteiger partial charge in [-0.25, -0.2) is 4.98 Å². The molecule has 2 aromatic rings. The molecular weight excluding hydrogens is 272 g/mol. The minimum atomic E-state index is 0.369. The lowest BCUT2D eigenvalue weighted by atomic mass is 10.1. The first-order valence-electron chi connectivity index (χ1n) is 6.84. The van der Waals surface area contributed by atoms with Crippen LogP contribution in [0.1, 0.15) is 30.9 Å². The van der Waals surface area contributed by atoms with Gasteiger partial charge in [0.15, 0.2) is 0 Å². The number of pyridine rings is 1. The van der Waals surface area contributed by atoms with E-state index in [1.54, 1.807) is 12.3 Å². The molecule has 106 valence electrons. The van der Waals surface area contributed by atoms with Crippen molar-refractivity contribution in [3.05, 3.63) is 52.7 Å². The smallest absolute Gasteiger partial charge is 0.219 e. The Labute approximate surface area is 124 Å². The van der Waals surface area contributed by atoms with E-state index in [0.717, 1.165) is 17.7 Å². The predicted molar refractivity (Wildman–Crippen MR) is 82.3 cm³/mol. The van der Waals surface area contributed by atoms with Crippen LogP contribution in [-0.4, -0.2) is 4.98 Å². The van der Waals surface area contributed by atoms with Crippen molar-refractivity contribution in [2.75, 3.05) is 0 Å². The molecular formula is C16H19ClN2O. The topological polar surface area (TPSA) is 48.1 Å². The van der Waals surface area contributed by atoms with Gasteiger partial charge in [-0.05, 0) is 36.1 Å². The number of benzene rings is 1. The molecule has 3 nitrogen and oxygen atoms in total. The molecule has 1 aromatic heterocycles. The van der Waals surface area contributed by atoms with Crippen molar-refractivity contribution in [2.45, 2.75) is 32.7 Å². The highest BCUT2D eigenvalue weighted by Crippen LogP contribution is 2.24. The number of hydrogen-bond acceptors (Lipinski definition) is 3. The minimum absolute atomic E-state index is 0.369. The summed E-state index contributed by atoms with van der Waals surface area (Å²) < 4.78 is 5.71. The van der Waals surface area contributed by atoms with Crippen LogP contribution < -0.4 is 10.5 Å². The molecule has 4 heteroatoms. The van der Waals surface area contributed by atoms with E-state index in [-0.39, 0.29) is 0 Å². The Morgan fingerprint density at radius 3 is 2.65 bits per heavy atom. The highest BCUT2D eigenvalue weighted by atomic mass is 35.5. The summed E-state index contributed by atoms with van der Waals surface area (Å²) >= 11 is 5.97. The fraction of sp³-hybridized carbons (Fsp3) is 0.312. The van der Waals surface area contributed by atoms with Gasteiger partial charge < -0.3 is 10.5 Å². The number of aromatic nitrogens is 1. The highest BCUT2D eigenvalue weighted by molar-refractivity contribution is 6.31. The van der Waals surface area contributed by atoms with Crippen LogP contribution >= 0.6 is 11.6 Å². The lowest BCUT2D eigenvalue weighted by Crippen LogP contribution is -1.99.